The Labute approximate surface area is 178 Å². The molecule has 0 unspecified atom stereocenters. The number of rotatable bonds is 3. The van der Waals surface area contributed by atoms with Gasteiger partial charge in [-0.15, -0.1) is 0 Å². The standard InChI is InChI=1S/C25H19N3OS/c1-15-12-13-16(2)23-22(15)27-25(30-23)28-24(29)19-14-21(17-8-4-3-5-9-17)26-20-11-7-6-10-18(19)20/h3-14H,1-2H3,(H,27,28,29). The molecule has 0 aliphatic heterocycles. The summed E-state index contributed by atoms with van der Waals surface area (Å²) in [5.41, 5.74) is 6.34. The first-order valence-corrected chi connectivity index (χ1v) is 10.5. The molecule has 0 radical (unpaired) electrons. The monoisotopic (exact) mass is 409 g/mol. The van der Waals surface area contributed by atoms with Gasteiger partial charge in [-0.1, -0.05) is 72.0 Å². The Hall–Kier alpha value is -3.57. The highest BCUT2D eigenvalue weighted by Gasteiger charge is 2.16. The van der Waals surface area contributed by atoms with E-state index in [1.54, 1.807) is 0 Å². The van der Waals surface area contributed by atoms with Crippen molar-refractivity contribution in [1.82, 2.24) is 9.97 Å². The number of hydrogen-bond acceptors (Lipinski definition) is 4. The van der Waals surface area contributed by atoms with Crippen LogP contribution in [0.2, 0.25) is 0 Å². The average molecular weight is 410 g/mol. The smallest absolute Gasteiger partial charge is 0.258 e. The van der Waals surface area contributed by atoms with Crippen molar-refractivity contribution in [3.63, 3.8) is 0 Å². The molecule has 4 nitrogen and oxygen atoms in total. The summed E-state index contributed by atoms with van der Waals surface area (Å²) in [4.78, 5) is 22.7. The van der Waals surface area contributed by atoms with E-state index in [0.29, 0.717) is 10.7 Å². The van der Waals surface area contributed by atoms with Crippen molar-refractivity contribution in [1.29, 1.82) is 0 Å². The lowest BCUT2D eigenvalue weighted by atomic mass is 10.0. The molecule has 5 aromatic rings. The van der Waals surface area contributed by atoms with Crippen molar-refractivity contribution in [2.75, 3.05) is 5.32 Å². The molecule has 146 valence electrons. The van der Waals surface area contributed by atoms with Crippen molar-refractivity contribution in [2.45, 2.75) is 13.8 Å². The second-order valence-electron chi connectivity index (χ2n) is 7.29. The summed E-state index contributed by atoms with van der Waals surface area (Å²) in [6.45, 7) is 4.10. The molecule has 30 heavy (non-hydrogen) atoms. The zero-order valence-corrected chi connectivity index (χ0v) is 17.5. The second-order valence-corrected chi connectivity index (χ2v) is 8.29. The van der Waals surface area contributed by atoms with Crippen LogP contribution in [0.3, 0.4) is 0 Å². The lowest BCUT2D eigenvalue weighted by Gasteiger charge is -2.09. The zero-order valence-electron chi connectivity index (χ0n) is 16.6. The maximum atomic E-state index is 13.3. The normalized spacial score (nSPS) is 11.1. The molecule has 0 atom stereocenters. The van der Waals surface area contributed by atoms with E-state index in [0.717, 1.165) is 43.5 Å². The molecule has 0 saturated heterocycles. The van der Waals surface area contributed by atoms with Crippen LogP contribution in [0.1, 0.15) is 21.5 Å². The van der Waals surface area contributed by atoms with Crippen LogP contribution in [0.4, 0.5) is 5.13 Å². The second kappa shape index (κ2) is 7.35. The van der Waals surface area contributed by atoms with Crippen LogP contribution in [0, 0.1) is 13.8 Å². The number of pyridine rings is 1. The number of carbonyl (C=O) groups excluding carboxylic acids is 1. The first kappa shape index (κ1) is 18.5. The van der Waals surface area contributed by atoms with E-state index in [-0.39, 0.29) is 5.91 Å². The molecule has 0 fully saturated rings. The predicted octanol–water partition coefficient (Wildman–Crippen LogP) is 6.38. The van der Waals surface area contributed by atoms with Gasteiger partial charge in [-0.3, -0.25) is 10.1 Å². The van der Waals surface area contributed by atoms with Crippen molar-refractivity contribution >= 4 is 43.5 Å². The van der Waals surface area contributed by atoms with Gasteiger partial charge >= 0.3 is 0 Å². The topological polar surface area (TPSA) is 54.9 Å². The minimum Gasteiger partial charge on any atom is -0.298 e. The van der Waals surface area contributed by atoms with E-state index in [1.807, 2.05) is 67.6 Å². The summed E-state index contributed by atoms with van der Waals surface area (Å²) in [5, 5.41) is 4.44. The Bertz CT molecular complexity index is 1370. The molecular formula is C25H19N3OS. The lowest BCUT2D eigenvalue weighted by molar-refractivity contribution is 0.102. The van der Waals surface area contributed by atoms with Crippen molar-refractivity contribution in [3.8, 4) is 11.3 Å². The Morgan fingerprint density at radius 1 is 0.867 bits per heavy atom. The van der Waals surface area contributed by atoms with Gasteiger partial charge in [-0.25, -0.2) is 9.97 Å². The number of carbonyl (C=O) groups is 1. The predicted molar refractivity (Wildman–Crippen MR) is 124 cm³/mol. The van der Waals surface area contributed by atoms with Gasteiger partial charge in [0.25, 0.3) is 5.91 Å². The van der Waals surface area contributed by atoms with Crippen LogP contribution in [-0.4, -0.2) is 15.9 Å². The lowest BCUT2D eigenvalue weighted by Crippen LogP contribution is -2.13. The van der Waals surface area contributed by atoms with Crippen molar-refractivity contribution in [2.24, 2.45) is 0 Å². The summed E-state index contributed by atoms with van der Waals surface area (Å²) in [5.74, 6) is -0.180. The van der Waals surface area contributed by atoms with Gasteiger partial charge in [0, 0.05) is 10.9 Å². The maximum Gasteiger partial charge on any atom is 0.258 e. The molecule has 1 amide bonds. The number of anilines is 1. The summed E-state index contributed by atoms with van der Waals surface area (Å²) in [6, 6.07) is 23.6. The average Bonchev–Trinajstić information content (AvgIpc) is 3.21. The fourth-order valence-electron chi connectivity index (χ4n) is 3.60. The Balaban J connectivity index is 1.59. The van der Waals surface area contributed by atoms with Crippen LogP contribution >= 0.6 is 11.3 Å². The number of benzene rings is 3. The number of para-hydroxylation sites is 1. The molecule has 2 aromatic heterocycles. The molecule has 3 aromatic carbocycles. The van der Waals surface area contributed by atoms with Gasteiger partial charge in [-0.05, 0) is 37.1 Å². The minimum atomic E-state index is -0.180. The molecule has 0 bridgehead atoms. The number of aromatic nitrogens is 2. The third kappa shape index (κ3) is 3.23. The summed E-state index contributed by atoms with van der Waals surface area (Å²) in [6.07, 6.45) is 0. The van der Waals surface area contributed by atoms with Gasteiger partial charge in [-0.2, -0.15) is 0 Å². The summed E-state index contributed by atoms with van der Waals surface area (Å²) < 4.78 is 1.11. The van der Waals surface area contributed by atoms with Gasteiger partial charge in [0.05, 0.1) is 27.0 Å². The molecule has 1 N–H and O–H groups in total. The molecule has 0 aliphatic carbocycles. The molecule has 0 aliphatic rings. The number of aryl methyl sites for hydroxylation is 2. The highest BCUT2D eigenvalue weighted by Crippen LogP contribution is 2.32. The Morgan fingerprint density at radius 2 is 1.60 bits per heavy atom. The van der Waals surface area contributed by atoms with Crippen LogP contribution in [0.15, 0.2) is 72.8 Å². The van der Waals surface area contributed by atoms with Crippen LogP contribution in [0.25, 0.3) is 32.4 Å². The van der Waals surface area contributed by atoms with E-state index in [1.165, 1.54) is 11.3 Å². The molecule has 5 rings (SSSR count). The highest BCUT2D eigenvalue weighted by molar-refractivity contribution is 7.22. The molecule has 0 spiro atoms. The number of nitrogens with zero attached hydrogens (tertiary/aromatic N) is 2. The van der Waals surface area contributed by atoms with E-state index in [2.05, 4.69) is 29.4 Å². The third-order valence-electron chi connectivity index (χ3n) is 5.19. The number of amides is 1. The number of thiazole rings is 1. The largest absolute Gasteiger partial charge is 0.298 e. The summed E-state index contributed by atoms with van der Waals surface area (Å²) in [7, 11) is 0. The van der Waals surface area contributed by atoms with E-state index in [4.69, 9.17) is 4.98 Å². The quantitative estimate of drug-likeness (QED) is 0.376. The SMILES string of the molecule is Cc1ccc(C)c2sc(NC(=O)c3cc(-c4ccccc4)nc4ccccc34)nc12. The van der Waals surface area contributed by atoms with E-state index < -0.39 is 0 Å². The Morgan fingerprint density at radius 3 is 2.40 bits per heavy atom. The number of hydrogen-bond donors (Lipinski definition) is 1. The maximum absolute atomic E-state index is 13.3. The van der Waals surface area contributed by atoms with Crippen LogP contribution in [-0.2, 0) is 0 Å². The van der Waals surface area contributed by atoms with Gasteiger partial charge in [0.15, 0.2) is 5.13 Å². The van der Waals surface area contributed by atoms with Gasteiger partial charge < -0.3 is 0 Å². The van der Waals surface area contributed by atoms with Gasteiger partial charge in [0.2, 0.25) is 0 Å². The van der Waals surface area contributed by atoms with Crippen molar-refractivity contribution in [3.05, 3.63) is 89.5 Å². The minimum absolute atomic E-state index is 0.180. The third-order valence-corrected chi connectivity index (χ3v) is 6.30. The summed E-state index contributed by atoms with van der Waals surface area (Å²) >= 11 is 1.51. The molecule has 5 heteroatoms. The van der Waals surface area contributed by atoms with E-state index in [9.17, 15) is 4.79 Å². The fraction of sp³-hybridized carbons (Fsp3) is 0.0800. The molecular weight excluding hydrogens is 390 g/mol. The van der Waals surface area contributed by atoms with E-state index >= 15 is 0 Å². The molecule has 0 saturated carbocycles. The first-order chi connectivity index (χ1) is 14.6. The number of nitrogens with one attached hydrogen (secondary N) is 1. The highest BCUT2D eigenvalue weighted by atomic mass is 32.1. The first-order valence-electron chi connectivity index (χ1n) is 9.73. The van der Waals surface area contributed by atoms with Crippen molar-refractivity contribution < 1.29 is 4.79 Å². The molecule has 2 heterocycles. The Kier molecular flexibility index (Phi) is 4.52. The van der Waals surface area contributed by atoms with Gasteiger partial charge in [0.1, 0.15) is 0 Å². The van der Waals surface area contributed by atoms with Crippen LogP contribution in [0.5, 0.6) is 0 Å². The fourth-order valence-corrected chi connectivity index (χ4v) is 4.60. The number of fused-ring (bicyclic) bond motifs is 2. The zero-order chi connectivity index (χ0) is 20.7. The van der Waals surface area contributed by atoms with Crippen LogP contribution < -0.4 is 5.32 Å².